The van der Waals surface area contributed by atoms with E-state index in [-0.39, 0.29) is 5.75 Å². The molecule has 0 saturated heterocycles. The van der Waals surface area contributed by atoms with Crippen LogP contribution in [0.3, 0.4) is 0 Å². The number of halogens is 4. The van der Waals surface area contributed by atoms with Crippen molar-refractivity contribution in [1.29, 1.82) is 0 Å². The summed E-state index contributed by atoms with van der Waals surface area (Å²) in [6.07, 6.45) is -0.450. The van der Waals surface area contributed by atoms with Crippen LogP contribution in [-0.4, -0.2) is 18.1 Å². The van der Waals surface area contributed by atoms with Crippen molar-refractivity contribution in [3.63, 3.8) is 0 Å². The normalized spacial score (nSPS) is 12.5. The second-order valence-corrected chi connectivity index (χ2v) is 6.97. The van der Waals surface area contributed by atoms with Crippen LogP contribution in [-0.2, 0) is 14.1 Å². The maximum Gasteiger partial charge on any atom is 0.664 e. The summed E-state index contributed by atoms with van der Waals surface area (Å²) in [5, 5.41) is 2.16. The lowest BCUT2D eigenvalue weighted by molar-refractivity contribution is -0.148. The van der Waals surface area contributed by atoms with Crippen LogP contribution in [0.5, 0.6) is 17.2 Å². The zero-order valence-electron chi connectivity index (χ0n) is 15.5. The summed E-state index contributed by atoms with van der Waals surface area (Å²) in [4.78, 5) is 11.7. The zero-order chi connectivity index (χ0) is 21.7. The highest BCUT2D eigenvalue weighted by atomic mass is 31.1. The summed E-state index contributed by atoms with van der Waals surface area (Å²) in [6.45, 7) is 4.46. The number of carbonyl (C=O) groups excluding carboxylic acids is 1. The fourth-order valence-electron chi connectivity index (χ4n) is 2.02. The fourth-order valence-corrected chi connectivity index (χ4v) is 2.83. The molecule has 0 radical (unpaired) electrons. The molecule has 1 unspecified atom stereocenters. The first-order chi connectivity index (χ1) is 13.6. The molecule has 1 N–H and O–H groups in total. The number of nitrogens with one attached hydrogen (secondary N) is 1. The quantitative estimate of drug-likeness (QED) is 0.207. The number of carbonyl (C=O) groups is 1. The molecule has 0 aliphatic rings. The Morgan fingerprint density at radius 3 is 2.03 bits per heavy atom. The highest BCUT2D eigenvalue weighted by Crippen LogP contribution is 2.42. The third kappa shape index (κ3) is 5.65. The summed E-state index contributed by atoms with van der Waals surface area (Å²) in [7, 11) is -3.07. The van der Waals surface area contributed by atoms with E-state index >= 15 is 0 Å². The van der Waals surface area contributed by atoms with Gasteiger partial charge in [-0.15, -0.1) is 0 Å². The van der Waals surface area contributed by atoms with Gasteiger partial charge in [0.25, 0.3) is 5.75 Å². The Morgan fingerprint density at radius 2 is 1.48 bits per heavy atom. The van der Waals surface area contributed by atoms with Gasteiger partial charge in [0.05, 0.1) is 6.10 Å². The Labute approximate surface area is 164 Å². The summed E-state index contributed by atoms with van der Waals surface area (Å²) in [6, 6.07) is 6.11. The van der Waals surface area contributed by atoms with Crippen LogP contribution in [0.15, 0.2) is 30.3 Å². The zero-order valence-corrected chi connectivity index (χ0v) is 16.4. The number of esters is 1. The molecule has 0 saturated carbocycles. The number of hydrogen-bond donors (Lipinski definition) is 1. The first-order valence-electron chi connectivity index (χ1n) is 8.32. The van der Waals surface area contributed by atoms with Crippen LogP contribution >= 0.6 is 8.18 Å². The van der Waals surface area contributed by atoms with Crippen LogP contribution in [0.4, 0.5) is 17.6 Å². The molecule has 0 heterocycles. The largest absolute Gasteiger partial charge is 0.664 e. The van der Waals surface area contributed by atoms with Gasteiger partial charge < -0.3 is 9.47 Å². The van der Waals surface area contributed by atoms with E-state index in [1.165, 1.54) is 31.2 Å². The van der Waals surface area contributed by atoms with Gasteiger partial charge >= 0.3 is 14.1 Å². The summed E-state index contributed by atoms with van der Waals surface area (Å²) in [5.41, 5.74) is 0. The number of hydrogen-bond acceptors (Lipinski definition) is 5. The minimum absolute atomic E-state index is 0.0428. The lowest BCUT2D eigenvalue weighted by atomic mass is 10.2. The lowest BCUT2D eigenvalue weighted by Gasteiger charge is -2.12. The Hall–Kier alpha value is -2.71. The number of ether oxygens (including phenoxy) is 2. The predicted molar refractivity (Wildman–Crippen MR) is 94.9 cm³/mol. The first kappa shape index (κ1) is 22.6. The molecule has 0 bridgehead atoms. The van der Waals surface area contributed by atoms with Crippen LogP contribution < -0.4 is 14.3 Å². The Kier molecular flexibility index (Phi) is 7.53. The van der Waals surface area contributed by atoms with Crippen LogP contribution in [0.2, 0.25) is 0 Å². The van der Waals surface area contributed by atoms with E-state index in [2.05, 4.69) is 5.09 Å². The summed E-state index contributed by atoms with van der Waals surface area (Å²) in [5.74, 6) is -11.4. The molecule has 2 aromatic carbocycles. The van der Waals surface area contributed by atoms with Gasteiger partial charge in [-0.05, 0) is 32.9 Å². The topological polar surface area (TPSA) is 73.9 Å². The maximum absolute atomic E-state index is 14.2. The van der Waals surface area contributed by atoms with Gasteiger partial charge in [0.15, 0.2) is 0 Å². The third-order valence-corrected chi connectivity index (χ3v) is 4.27. The van der Waals surface area contributed by atoms with Gasteiger partial charge in [-0.3, -0.25) is 4.79 Å². The lowest BCUT2D eigenvalue weighted by Crippen LogP contribution is -2.33. The van der Waals surface area contributed by atoms with Crippen molar-refractivity contribution in [2.75, 3.05) is 0 Å². The molecule has 11 heteroatoms. The van der Waals surface area contributed by atoms with E-state index in [1.54, 1.807) is 19.9 Å². The molecule has 0 fully saturated rings. The minimum Gasteiger partial charge on any atom is -0.462 e. The van der Waals surface area contributed by atoms with Crippen molar-refractivity contribution in [2.45, 2.75) is 32.9 Å². The molecule has 0 aromatic heterocycles. The maximum atomic E-state index is 14.2. The van der Waals surface area contributed by atoms with E-state index < -0.39 is 61.1 Å². The highest BCUT2D eigenvalue weighted by Gasteiger charge is 2.36. The standard InChI is InChI=1S/C18H17F4NO5P/c1-9(2)26-18(24)10(3)23-29(25)28-17-15(22)13(20)12(19)14(21)16(17)27-11-7-5-4-6-8-11/h4-10H,1-3H3,(H,23,25)/q+1/t10-/m0/s1. The van der Waals surface area contributed by atoms with E-state index in [0.717, 1.165) is 0 Å². The smallest absolute Gasteiger partial charge is 0.462 e. The van der Waals surface area contributed by atoms with Gasteiger partial charge in [-0.1, -0.05) is 23.3 Å². The highest BCUT2D eigenvalue weighted by molar-refractivity contribution is 7.37. The second-order valence-electron chi connectivity index (χ2n) is 6.01. The fraction of sp³-hybridized carbons (Fsp3) is 0.278. The molecule has 29 heavy (non-hydrogen) atoms. The van der Waals surface area contributed by atoms with Crippen molar-refractivity contribution >= 4 is 14.1 Å². The second kappa shape index (κ2) is 9.67. The van der Waals surface area contributed by atoms with Gasteiger partial charge in [0.1, 0.15) is 11.8 Å². The van der Waals surface area contributed by atoms with E-state index in [0.29, 0.717) is 0 Å². The SMILES string of the molecule is CC(C)OC(=O)[C@H](C)N[P+](=O)Oc1c(F)c(F)c(F)c(F)c1Oc1ccccc1. The predicted octanol–water partition coefficient (Wildman–Crippen LogP) is 5.00. The Bertz CT molecular complexity index is 911. The third-order valence-electron chi connectivity index (χ3n) is 3.32. The Balaban J connectivity index is 2.31. The minimum atomic E-state index is -3.07. The van der Waals surface area contributed by atoms with Crippen LogP contribution in [0, 0.1) is 23.3 Å². The monoisotopic (exact) mass is 434 g/mol. The molecule has 0 amide bonds. The number of benzene rings is 2. The van der Waals surface area contributed by atoms with Crippen molar-refractivity contribution < 1.29 is 40.9 Å². The average molecular weight is 434 g/mol. The molecular weight excluding hydrogens is 417 g/mol. The van der Waals surface area contributed by atoms with Gasteiger partial charge in [0, 0.05) is 4.57 Å². The van der Waals surface area contributed by atoms with E-state index in [9.17, 15) is 26.9 Å². The molecule has 2 aromatic rings. The van der Waals surface area contributed by atoms with Gasteiger partial charge in [-0.2, -0.15) is 8.78 Å². The molecule has 0 spiro atoms. The molecule has 6 nitrogen and oxygen atoms in total. The molecule has 2 atom stereocenters. The number of para-hydroxylation sites is 1. The molecular formula is C18H17F4NO5P+. The molecule has 0 aliphatic heterocycles. The number of rotatable bonds is 8. The summed E-state index contributed by atoms with van der Waals surface area (Å²) < 4.78 is 82.5. The van der Waals surface area contributed by atoms with Crippen molar-refractivity contribution in [2.24, 2.45) is 0 Å². The van der Waals surface area contributed by atoms with Crippen molar-refractivity contribution in [1.82, 2.24) is 5.09 Å². The van der Waals surface area contributed by atoms with Crippen LogP contribution in [0.1, 0.15) is 20.8 Å². The van der Waals surface area contributed by atoms with Gasteiger partial charge in [-0.25, -0.2) is 13.3 Å². The average Bonchev–Trinajstić information content (AvgIpc) is 2.67. The summed E-state index contributed by atoms with van der Waals surface area (Å²) >= 11 is 0. The molecule has 156 valence electrons. The first-order valence-corrected chi connectivity index (χ1v) is 9.50. The Morgan fingerprint density at radius 1 is 0.931 bits per heavy atom. The van der Waals surface area contributed by atoms with Crippen molar-refractivity contribution in [3.8, 4) is 17.2 Å². The molecule has 2 rings (SSSR count). The van der Waals surface area contributed by atoms with Gasteiger partial charge in [0.2, 0.25) is 29.0 Å². The molecule has 0 aliphatic carbocycles. The van der Waals surface area contributed by atoms with Crippen LogP contribution in [0.25, 0.3) is 0 Å². The van der Waals surface area contributed by atoms with E-state index in [4.69, 9.17) is 14.0 Å². The van der Waals surface area contributed by atoms with E-state index in [1.807, 2.05) is 0 Å². The van der Waals surface area contributed by atoms with Crippen molar-refractivity contribution in [3.05, 3.63) is 53.6 Å².